The molecule has 0 spiro atoms. The molecule has 5 heteroatoms. The van der Waals surface area contributed by atoms with Crippen LogP contribution in [0.15, 0.2) is 27.5 Å². The number of rotatable bonds is 2. The summed E-state index contributed by atoms with van der Waals surface area (Å²) < 4.78 is 2.73. The van der Waals surface area contributed by atoms with Gasteiger partial charge in [0.2, 0.25) is 0 Å². The molecule has 0 radical (unpaired) electrons. The lowest BCUT2D eigenvalue weighted by Crippen LogP contribution is -2.20. The number of carboxylic acids is 1. The van der Waals surface area contributed by atoms with Crippen molar-refractivity contribution in [3.63, 3.8) is 0 Å². The third-order valence-corrected chi connectivity index (χ3v) is 3.60. The minimum Gasteiger partial charge on any atom is -0.481 e. The molecule has 0 unspecified atom stereocenters. The molecule has 0 saturated heterocycles. The first-order valence-electron chi connectivity index (χ1n) is 5.41. The van der Waals surface area contributed by atoms with Crippen LogP contribution in [0.5, 0.6) is 0 Å². The summed E-state index contributed by atoms with van der Waals surface area (Å²) in [7, 11) is 1.83. The highest BCUT2D eigenvalue weighted by atomic mass is 79.9. The van der Waals surface area contributed by atoms with Crippen LogP contribution in [0, 0.1) is 6.92 Å². The summed E-state index contributed by atoms with van der Waals surface area (Å²) in [6.45, 7) is 1.76. The smallest absolute Gasteiger partial charge is 0.308 e. The average Bonchev–Trinajstić information content (AvgIpc) is 2.31. The number of aryl methyl sites for hydroxylation is 1. The molecular weight excluding hydrogens is 298 g/mol. The Morgan fingerprint density at radius 3 is 2.72 bits per heavy atom. The first-order valence-corrected chi connectivity index (χ1v) is 6.20. The van der Waals surface area contributed by atoms with Crippen molar-refractivity contribution in [3.05, 3.63) is 44.2 Å². The van der Waals surface area contributed by atoms with E-state index in [9.17, 15) is 9.59 Å². The molecule has 2 aromatic rings. The highest BCUT2D eigenvalue weighted by Crippen LogP contribution is 2.19. The predicted molar refractivity (Wildman–Crippen MR) is 73.0 cm³/mol. The van der Waals surface area contributed by atoms with E-state index in [0.717, 1.165) is 9.99 Å². The lowest BCUT2D eigenvalue weighted by atomic mass is 10.1. The average molecular weight is 310 g/mol. The molecule has 1 aromatic heterocycles. The summed E-state index contributed by atoms with van der Waals surface area (Å²) >= 11 is 3.37. The molecule has 1 N–H and O–H groups in total. The predicted octanol–water partition coefficient (Wildman–Crippen LogP) is 2.24. The van der Waals surface area contributed by atoms with Crippen molar-refractivity contribution in [3.8, 4) is 0 Å². The first kappa shape index (κ1) is 12.8. The molecule has 18 heavy (non-hydrogen) atoms. The van der Waals surface area contributed by atoms with Crippen LogP contribution in [0.4, 0.5) is 0 Å². The van der Waals surface area contributed by atoms with E-state index in [1.165, 1.54) is 0 Å². The monoisotopic (exact) mass is 309 g/mol. The fraction of sp³-hybridized carbons (Fsp3) is 0.231. The van der Waals surface area contributed by atoms with Crippen LogP contribution in [0.2, 0.25) is 0 Å². The van der Waals surface area contributed by atoms with Gasteiger partial charge in [0.05, 0.1) is 11.9 Å². The van der Waals surface area contributed by atoms with Crippen LogP contribution in [0.25, 0.3) is 10.9 Å². The molecule has 0 aliphatic heterocycles. The number of pyridine rings is 1. The Morgan fingerprint density at radius 2 is 2.11 bits per heavy atom. The van der Waals surface area contributed by atoms with Crippen molar-refractivity contribution < 1.29 is 9.90 Å². The zero-order valence-electron chi connectivity index (χ0n) is 10.0. The number of halogens is 1. The number of carboxylic acid groups (broad SMARTS) is 1. The van der Waals surface area contributed by atoms with Gasteiger partial charge in [-0.3, -0.25) is 9.59 Å². The Morgan fingerprint density at radius 1 is 1.44 bits per heavy atom. The molecule has 0 fully saturated rings. The molecular formula is C13H12BrNO3. The molecule has 1 aromatic carbocycles. The number of benzene rings is 1. The van der Waals surface area contributed by atoms with Crippen LogP contribution in [-0.4, -0.2) is 15.6 Å². The Bertz CT molecular complexity index is 703. The second-order valence-corrected chi connectivity index (χ2v) is 5.10. The van der Waals surface area contributed by atoms with E-state index in [1.54, 1.807) is 19.1 Å². The highest BCUT2D eigenvalue weighted by molar-refractivity contribution is 9.10. The van der Waals surface area contributed by atoms with E-state index in [4.69, 9.17) is 5.11 Å². The fourth-order valence-corrected chi connectivity index (χ4v) is 2.39. The summed E-state index contributed by atoms with van der Waals surface area (Å²) in [5.41, 5.74) is 1.63. The van der Waals surface area contributed by atoms with Gasteiger partial charge in [-0.05, 0) is 25.1 Å². The van der Waals surface area contributed by atoms with E-state index in [0.29, 0.717) is 16.6 Å². The van der Waals surface area contributed by atoms with Crippen molar-refractivity contribution >= 4 is 32.8 Å². The summed E-state index contributed by atoms with van der Waals surface area (Å²) in [5.74, 6) is -0.994. The van der Waals surface area contributed by atoms with E-state index in [2.05, 4.69) is 15.9 Å². The van der Waals surface area contributed by atoms with Crippen molar-refractivity contribution in [2.45, 2.75) is 13.3 Å². The number of hydrogen-bond donors (Lipinski definition) is 1. The molecule has 2 rings (SSSR count). The minimum absolute atomic E-state index is 0.199. The molecule has 4 nitrogen and oxygen atoms in total. The summed E-state index contributed by atoms with van der Waals surface area (Å²) in [4.78, 5) is 23.1. The van der Waals surface area contributed by atoms with Crippen LogP contribution in [-0.2, 0) is 18.3 Å². The van der Waals surface area contributed by atoms with Gasteiger partial charge in [0.25, 0.3) is 0 Å². The third-order valence-electron chi connectivity index (χ3n) is 3.11. The first-order chi connectivity index (χ1) is 8.41. The van der Waals surface area contributed by atoms with Crippen LogP contribution < -0.4 is 5.43 Å². The van der Waals surface area contributed by atoms with Gasteiger partial charge in [-0.15, -0.1) is 0 Å². The maximum atomic E-state index is 12.3. The topological polar surface area (TPSA) is 59.3 Å². The zero-order valence-corrected chi connectivity index (χ0v) is 11.6. The fourth-order valence-electron chi connectivity index (χ4n) is 2.04. The lowest BCUT2D eigenvalue weighted by molar-refractivity contribution is -0.136. The normalized spacial score (nSPS) is 10.8. The quantitative estimate of drug-likeness (QED) is 0.925. The number of aromatic nitrogens is 1. The number of hydrogen-bond acceptors (Lipinski definition) is 2. The van der Waals surface area contributed by atoms with Gasteiger partial charge in [-0.1, -0.05) is 15.9 Å². The summed E-state index contributed by atoms with van der Waals surface area (Å²) in [6, 6.07) is 5.35. The van der Waals surface area contributed by atoms with Crippen molar-refractivity contribution in [1.82, 2.24) is 4.57 Å². The Hall–Kier alpha value is -1.62. The number of aliphatic carboxylic acids is 1. The second kappa shape index (κ2) is 4.57. The molecule has 94 valence electrons. The standard InChI is InChI=1S/C13H12BrNO3/c1-7-10(6-12(16)17)13(18)9-4-3-8(14)5-11(9)15(7)2/h3-5H,6H2,1-2H3,(H,16,17). The van der Waals surface area contributed by atoms with Gasteiger partial charge < -0.3 is 9.67 Å². The Kier molecular flexibility index (Phi) is 3.26. The van der Waals surface area contributed by atoms with E-state index in [1.807, 2.05) is 17.7 Å². The van der Waals surface area contributed by atoms with Crippen LogP contribution in [0.1, 0.15) is 11.3 Å². The van der Waals surface area contributed by atoms with E-state index < -0.39 is 5.97 Å². The van der Waals surface area contributed by atoms with Crippen molar-refractivity contribution in [2.75, 3.05) is 0 Å². The van der Waals surface area contributed by atoms with Crippen LogP contribution >= 0.6 is 15.9 Å². The van der Waals surface area contributed by atoms with Gasteiger partial charge in [-0.2, -0.15) is 0 Å². The van der Waals surface area contributed by atoms with Gasteiger partial charge in [-0.25, -0.2) is 0 Å². The maximum absolute atomic E-state index is 12.3. The van der Waals surface area contributed by atoms with Gasteiger partial charge in [0, 0.05) is 28.2 Å². The van der Waals surface area contributed by atoms with Crippen molar-refractivity contribution in [1.29, 1.82) is 0 Å². The summed E-state index contributed by atoms with van der Waals surface area (Å²) in [6.07, 6.45) is -0.246. The largest absolute Gasteiger partial charge is 0.481 e. The maximum Gasteiger partial charge on any atom is 0.308 e. The number of carbonyl (C=O) groups is 1. The highest BCUT2D eigenvalue weighted by Gasteiger charge is 2.14. The second-order valence-electron chi connectivity index (χ2n) is 4.18. The SMILES string of the molecule is Cc1c(CC(=O)O)c(=O)c2ccc(Br)cc2n1C. The third kappa shape index (κ3) is 2.06. The van der Waals surface area contributed by atoms with E-state index >= 15 is 0 Å². The lowest BCUT2D eigenvalue weighted by Gasteiger charge is -2.13. The molecule has 0 bridgehead atoms. The Labute approximate surface area is 112 Å². The van der Waals surface area contributed by atoms with Gasteiger partial charge in [0.15, 0.2) is 5.43 Å². The van der Waals surface area contributed by atoms with Crippen LogP contribution in [0.3, 0.4) is 0 Å². The summed E-state index contributed by atoms with van der Waals surface area (Å²) in [5, 5.41) is 9.41. The van der Waals surface area contributed by atoms with Gasteiger partial charge >= 0.3 is 5.97 Å². The Balaban J connectivity index is 2.87. The zero-order chi connectivity index (χ0) is 13.4. The molecule has 0 aliphatic rings. The van der Waals surface area contributed by atoms with E-state index in [-0.39, 0.29) is 11.8 Å². The van der Waals surface area contributed by atoms with Gasteiger partial charge in [0.1, 0.15) is 0 Å². The number of nitrogens with zero attached hydrogens (tertiary/aromatic N) is 1. The molecule has 0 aliphatic carbocycles. The van der Waals surface area contributed by atoms with Crippen molar-refractivity contribution in [2.24, 2.45) is 7.05 Å². The molecule has 0 amide bonds. The minimum atomic E-state index is -0.994. The molecule has 0 atom stereocenters. The molecule has 1 heterocycles. The number of fused-ring (bicyclic) bond motifs is 1. The molecule has 0 saturated carbocycles.